The molecule has 0 unspecified atom stereocenters. The molecule has 5 heteroatoms. The first kappa shape index (κ1) is 9.44. The normalized spacial score (nSPS) is 9.46. The van der Waals surface area contributed by atoms with Gasteiger partial charge in [0.1, 0.15) is 11.6 Å². The lowest BCUT2D eigenvalue weighted by molar-refractivity contribution is 0.187. The number of aryl methyl sites for hydroxylation is 1. The molecule has 0 aromatic carbocycles. The van der Waals surface area contributed by atoms with Gasteiger partial charge in [0.25, 0.3) is 0 Å². The average molecular weight is 184 g/mol. The Labute approximate surface area is 74.7 Å². The highest BCUT2D eigenvalue weighted by Crippen LogP contribution is 2.11. The molecule has 1 heterocycles. The molecule has 0 saturated carbocycles. The van der Waals surface area contributed by atoms with Gasteiger partial charge in [0.05, 0.1) is 13.3 Å². The van der Waals surface area contributed by atoms with E-state index in [0.717, 1.165) is 6.20 Å². The Morgan fingerprint density at radius 3 is 2.92 bits per heavy atom. The number of halogens is 1. The summed E-state index contributed by atoms with van der Waals surface area (Å²) in [7, 11) is 1.24. The molecule has 0 aliphatic carbocycles. The molecule has 1 N–H and O–H groups in total. The highest BCUT2D eigenvalue weighted by molar-refractivity contribution is 5.83. The van der Waals surface area contributed by atoms with Gasteiger partial charge in [-0.25, -0.2) is 14.2 Å². The maximum Gasteiger partial charge on any atom is 0.412 e. The second kappa shape index (κ2) is 3.84. The number of carbonyl (C=O) groups excluding carboxylic acids is 1. The van der Waals surface area contributed by atoms with E-state index in [1.165, 1.54) is 13.2 Å². The Balaban J connectivity index is 2.83. The molecule has 0 spiro atoms. The standard InChI is InChI=1S/C8H9FN2O2/c1-5-3-6(9)4-10-7(5)11-8(12)13-2/h3-4H,1-2H3,(H,10,11,12). The lowest BCUT2D eigenvalue weighted by atomic mass is 10.3. The molecular weight excluding hydrogens is 175 g/mol. The third-order valence-electron chi connectivity index (χ3n) is 1.45. The van der Waals surface area contributed by atoms with Crippen molar-refractivity contribution in [2.75, 3.05) is 12.4 Å². The van der Waals surface area contributed by atoms with Gasteiger partial charge in [0.15, 0.2) is 0 Å². The van der Waals surface area contributed by atoms with Gasteiger partial charge in [0, 0.05) is 0 Å². The number of pyridine rings is 1. The molecule has 1 rings (SSSR count). The number of anilines is 1. The van der Waals surface area contributed by atoms with Crippen molar-refractivity contribution in [3.63, 3.8) is 0 Å². The van der Waals surface area contributed by atoms with Gasteiger partial charge in [-0.1, -0.05) is 0 Å². The lowest BCUT2D eigenvalue weighted by Crippen LogP contribution is -2.13. The summed E-state index contributed by atoms with van der Waals surface area (Å²) in [5.74, 6) is -0.138. The predicted octanol–water partition coefficient (Wildman–Crippen LogP) is 1.71. The SMILES string of the molecule is COC(=O)Nc1ncc(F)cc1C. The van der Waals surface area contributed by atoms with Gasteiger partial charge in [-0.15, -0.1) is 0 Å². The van der Waals surface area contributed by atoms with E-state index in [-0.39, 0.29) is 0 Å². The highest BCUT2D eigenvalue weighted by Gasteiger charge is 2.05. The molecule has 4 nitrogen and oxygen atoms in total. The summed E-state index contributed by atoms with van der Waals surface area (Å²) in [6.45, 7) is 1.64. The van der Waals surface area contributed by atoms with E-state index < -0.39 is 11.9 Å². The maximum atomic E-state index is 12.6. The van der Waals surface area contributed by atoms with Crippen LogP contribution in [-0.2, 0) is 4.74 Å². The summed E-state index contributed by atoms with van der Waals surface area (Å²) < 4.78 is 16.9. The number of methoxy groups -OCH3 is 1. The van der Waals surface area contributed by atoms with E-state index in [4.69, 9.17) is 0 Å². The van der Waals surface area contributed by atoms with Gasteiger partial charge in [0.2, 0.25) is 0 Å². The lowest BCUT2D eigenvalue weighted by Gasteiger charge is -2.04. The Bertz CT molecular complexity index is 328. The van der Waals surface area contributed by atoms with Gasteiger partial charge >= 0.3 is 6.09 Å². The van der Waals surface area contributed by atoms with Crippen molar-refractivity contribution in [2.45, 2.75) is 6.92 Å². The molecule has 0 fully saturated rings. The fourth-order valence-electron chi connectivity index (χ4n) is 0.819. The van der Waals surface area contributed by atoms with Crippen molar-refractivity contribution in [3.05, 3.63) is 23.6 Å². The molecule has 0 bridgehead atoms. The highest BCUT2D eigenvalue weighted by atomic mass is 19.1. The van der Waals surface area contributed by atoms with Crippen molar-refractivity contribution in [1.82, 2.24) is 4.98 Å². The Morgan fingerprint density at radius 2 is 2.38 bits per heavy atom. The van der Waals surface area contributed by atoms with Crippen LogP contribution in [0.1, 0.15) is 5.56 Å². The van der Waals surface area contributed by atoms with Crippen LogP contribution in [0.5, 0.6) is 0 Å². The predicted molar refractivity (Wildman–Crippen MR) is 45.0 cm³/mol. The number of rotatable bonds is 1. The number of ether oxygens (including phenoxy) is 1. The van der Waals surface area contributed by atoms with Crippen LogP contribution in [0.15, 0.2) is 12.3 Å². The summed E-state index contributed by atoms with van der Waals surface area (Å²) in [6, 6.07) is 1.28. The second-order valence-corrected chi connectivity index (χ2v) is 2.44. The first-order valence-electron chi connectivity index (χ1n) is 3.60. The molecular formula is C8H9FN2O2. The number of aromatic nitrogens is 1. The fraction of sp³-hybridized carbons (Fsp3) is 0.250. The van der Waals surface area contributed by atoms with Crippen LogP contribution >= 0.6 is 0 Å². The van der Waals surface area contributed by atoms with Crippen LogP contribution in [0.2, 0.25) is 0 Å². The molecule has 1 amide bonds. The Hall–Kier alpha value is -1.65. The summed E-state index contributed by atoms with van der Waals surface area (Å²) in [6.07, 6.45) is 0.403. The van der Waals surface area contributed by atoms with Gasteiger partial charge in [-0.05, 0) is 18.6 Å². The number of nitrogens with zero attached hydrogens (tertiary/aromatic N) is 1. The monoisotopic (exact) mass is 184 g/mol. The van der Waals surface area contributed by atoms with Crippen molar-refractivity contribution < 1.29 is 13.9 Å². The van der Waals surface area contributed by atoms with Crippen molar-refractivity contribution in [2.24, 2.45) is 0 Å². The smallest absolute Gasteiger partial charge is 0.412 e. The van der Waals surface area contributed by atoms with E-state index in [1.54, 1.807) is 6.92 Å². The van der Waals surface area contributed by atoms with Crippen molar-refractivity contribution >= 4 is 11.9 Å². The number of carbonyl (C=O) groups is 1. The summed E-state index contributed by atoms with van der Waals surface area (Å²) >= 11 is 0. The number of amides is 1. The minimum atomic E-state index is -0.623. The van der Waals surface area contributed by atoms with Gasteiger partial charge in [-0.2, -0.15) is 0 Å². The topological polar surface area (TPSA) is 51.2 Å². The number of hydrogen-bond acceptors (Lipinski definition) is 3. The van der Waals surface area contributed by atoms with Crippen LogP contribution in [0.3, 0.4) is 0 Å². The first-order chi connectivity index (χ1) is 6.13. The van der Waals surface area contributed by atoms with Crippen molar-refractivity contribution in [3.8, 4) is 0 Å². The third kappa shape index (κ3) is 2.40. The van der Waals surface area contributed by atoms with Crippen molar-refractivity contribution in [1.29, 1.82) is 0 Å². The van der Waals surface area contributed by atoms with Crippen LogP contribution in [0.4, 0.5) is 15.0 Å². The van der Waals surface area contributed by atoms with E-state index in [0.29, 0.717) is 11.4 Å². The van der Waals surface area contributed by atoms with Gasteiger partial charge in [-0.3, -0.25) is 5.32 Å². The maximum absolute atomic E-state index is 12.6. The van der Waals surface area contributed by atoms with Crippen LogP contribution in [-0.4, -0.2) is 18.2 Å². The summed E-state index contributed by atoms with van der Waals surface area (Å²) in [5.41, 5.74) is 0.547. The molecule has 0 saturated heterocycles. The molecule has 70 valence electrons. The minimum Gasteiger partial charge on any atom is -0.453 e. The zero-order valence-electron chi connectivity index (χ0n) is 7.30. The Morgan fingerprint density at radius 1 is 1.69 bits per heavy atom. The third-order valence-corrected chi connectivity index (χ3v) is 1.45. The zero-order chi connectivity index (χ0) is 9.84. The van der Waals surface area contributed by atoms with E-state index in [2.05, 4.69) is 15.0 Å². The summed E-state index contributed by atoms with van der Waals surface area (Å²) in [5, 5.41) is 2.35. The zero-order valence-corrected chi connectivity index (χ0v) is 7.30. The second-order valence-electron chi connectivity index (χ2n) is 2.44. The molecule has 0 aliphatic heterocycles. The number of nitrogens with one attached hydrogen (secondary N) is 1. The molecule has 1 aromatic rings. The summed E-state index contributed by atoms with van der Waals surface area (Å²) in [4.78, 5) is 14.4. The molecule has 0 radical (unpaired) electrons. The quantitative estimate of drug-likeness (QED) is 0.722. The average Bonchev–Trinajstić information content (AvgIpc) is 2.09. The minimum absolute atomic E-state index is 0.299. The first-order valence-corrected chi connectivity index (χ1v) is 3.60. The molecule has 0 atom stereocenters. The van der Waals surface area contributed by atoms with E-state index >= 15 is 0 Å². The largest absolute Gasteiger partial charge is 0.453 e. The molecule has 0 aliphatic rings. The van der Waals surface area contributed by atoms with Gasteiger partial charge < -0.3 is 4.74 Å². The molecule has 13 heavy (non-hydrogen) atoms. The fourth-order valence-corrected chi connectivity index (χ4v) is 0.819. The van der Waals surface area contributed by atoms with E-state index in [1.807, 2.05) is 0 Å². The number of hydrogen-bond donors (Lipinski definition) is 1. The molecule has 1 aromatic heterocycles. The van der Waals surface area contributed by atoms with Crippen LogP contribution in [0.25, 0.3) is 0 Å². The Kier molecular flexibility index (Phi) is 2.79. The van der Waals surface area contributed by atoms with Crippen LogP contribution < -0.4 is 5.32 Å². The van der Waals surface area contributed by atoms with E-state index in [9.17, 15) is 9.18 Å². The van der Waals surface area contributed by atoms with Crippen LogP contribution in [0, 0.1) is 12.7 Å².